The molecular weight excluding hydrogens is 164 g/mol. The Labute approximate surface area is 76.8 Å². The molecule has 0 aliphatic carbocycles. The first-order chi connectivity index (χ1) is 6.42. The minimum Gasteiger partial charge on any atom is -0.467 e. The highest BCUT2D eigenvalue weighted by Gasteiger charge is 2.07. The molecule has 0 spiro atoms. The molecule has 2 N–H and O–H groups in total. The Balaban J connectivity index is 2.35. The van der Waals surface area contributed by atoms with Gasteiger partial charge in [0.25, 0.3) is 0 Å². The molecule has 3 nitrogen and oxygen atoms in total. The summed E-state index contributed by atoms with van der Waals surface area (Å²) >= 11 is 0. The van der Waals surface area contributed by atoms with Crippen LogP contribution in [-0.2, 0) is 6.54 Å². The lowest BCUT2D eigenvalue weighted by Crippen LogP contribution is -2.04. The fourth-order valence-corrected chi connectivity index (χ4v) is 1.38. The number of nitrogens with one attached hydrogen (secondary N) is 2. The molecule has 2 heterocycles. The van der Waals surface area contributed by atoms with E-state index in [9.17, 15) is 0 Å². The molecule has 0 aliphatic heterocycles. The van der Waals surface area contributed by atoms with Gasteiger partial charge in [0.1, 0.15) is 5.76 Å². The first-order valence-corrected chi connectivity index (χ1v) is 4.26. The maximum atomic E-state index is 5.35. The van der Waals surface area contributed by atoms with Gasteiger partial charge >= 0.3 is 0 Å². The van der Waals surface area contributed by atoms with Gasteiger partial charge in [-0.05, 0) is 25.2 Å². The number of H-pyrrole nitrogens is 1. The average molecular weight is 176 g/mol. The van der Waals surface area contributed by atoms with E-state index in [0.717, 1.165) is 23.6 Å². The van der Waals surface area contributed by atoms with E-state index in [1.165, 1.54) is 0 Å². The molecule has 0 unspecified atom stereocenters. The van der Waals surface area contributed by atoms with Crippen molar-refractivity contribution in [3.63, 3.8) is 0 Å². The molecule has 2 aromatic rings. The average Bonchev–Trinajstić information content (AvgIpc) is 2.71. The van der Waals surface area contributed by atoms with Crippen LogP contribution in [-0.4, -0.2) is 12.0 Å². The Hall–Kier alpha value is -1.48. The fraction of sp³-hybridized carbons (Fsp3) is 0.200. The van der Waals surface area contributed by atoms with Crippen molar-refractivity contribution in [2.24, 2.45) is 0 Å². The van der Waals surface area contributed by atoms with Crippen LogP contribution in [0.15, 0.2) is 35.1 Å². The highest BCUT2D eigenvalue weighted by molar-refractivity contribution is 5.61. The SMILES string of the molecule is CNCc1occc1-c1ccc[nH]1. The van der Waals surface area contributed by atoms with E-state index in [0.29, 0.717) is 0 Å². The first kappa shape index (κ1) is 8.13. The maximum absolute atomic E-state index is 5.35. The van der Waals surface area contributed by atoms with Gasteiger partial charge in [-0.2, -0.15) is 0 Å². The van der Waals surface area contributed by atoms with Crippen molar-refractivity contribution in [3.8, 4) is 11.3 Å². The first-order valence-electron chi connectivity index (χ1n) is 4.26. The zero-order chi connectivity index (χ0) is 9.10. The van der Waals surface area contributed by atoms with Gasteiger partial charge in [0, 0.05) is 17.5 Å². The van der Waals surface area contributed by atoms with Crippen molar-refractivity contribution < 1.29 is 4.42 Å². The summed E-state index contributed by atoms with van der Waals surface area (Å²) in [6, 6.07) is 5.98. The lowest BCUT2D eigenvalue weighted by molar-refractivity contribution is 0.496. The summed E-state index contributed by atoms with van der Waals surface area (Å²) in [5, 5.41) is 3.06. The number of furan rings is 1. The third-order valence-corrected chi connectivity index (χ3v) is 1.97. The third kappa shape index (κ3) is 1.51. The molecule has 0 bridgehead atoms. The van der Waals surface area contributed by atoms with Crippen LogP contribution in [0.4, 0.5) is 0 Å². The Kier molecular flexibility index (Phi) is 2.19. The molecule has 0 saturated heterocycles. The van der Waals surface area contributed by atoms with Gasteiger partial charge < -0.3 is 14.7 Å². The van der Waals surface area contributed by atoms with Gasteiger partial charge in [-0.15, -0.1) is 0 Å². The summed E-state index contributed by atoms with van der Waals surface area (Å²) < 4.78 is 5.35. The normalized spacial score (nSPS) is 10.5. The van der Waals surface area contributed by atoms with Crippen LogP contribution in [0.25, 0.3) is 11.3 Å². The maximum Gasteiger partial charge on any atom is 0.126 e. The Morgan fingerprint density at radius 2 is 2.38 bits per heavy atom. The number of aromatic amines is 1. The van der Waals surface area contributed by atoms with E-state index in [-0.39, 0.29) is 0 Å². The summed E-state index contributed by atoms with van der Waals surface area (Å²) in [4.78, 5) is 3.15. The minimum absolute atomic E-state index is 0.751. The molecule has 0 radical (unpaired) electrons. The van der Waals surface area contributed by atoms with Crippen molar-refractivity contribution in [3.05, 3.63) is 36.4 Å². The van der Waals surface area contributed by atoms with Crippen LogP contribution in [0.1, 0.15) is 5.76 Å². The van der Waals surface area contributed by atoms with E-state index in [1.54, 1.807) is 6.26 Å². The second-order valence-corrected chi connectivity index (χ2v) is 2.87. The van der Waals surface area contributed by atoms with Gasteiger partial charge in [-0.25, -0.2) is 0 Å². The van der Waals surface area contributed by atoms with Gasteiger partial charge in [0.05, 0.1) is 12.8 Å². The van der Waals surface area contributed by atoms with Crippen molar-refractivity contribution in [1.82, 2.24) is 10.3 Å². The van der Waals surface area contributed by atoms with Crippen LogP contribution in [0.3, 0.4) is 0 Å². The largest absolute Gasteiger partial charge is 0.467 e. The zero-order valence-electron chi connectivity index (χ0n) is 7.50. The topological polar surface area (TPSA) is 41.0 Å². The van der Waals surface area contributed by atoms with Crippen LogP contribution in [0, 0.1) is 0 Å². The second-order valence-electron chi connectivity index (χ2n) is 2.87. The van der Waals surface area contributed by atoms with Crippen LogP contribution in [0.5, 0.6) is 0 Å². The third-order valence-electron chi connectivity index (χ3n) is 1.97. The van der Waals surface area contributed by atoms with Crippen LogP contribution >= 0.6 is 0 Å². The fourth-order valence-electron chi connectivity index (χ4n) is 1.38. The molecule has 13 heavy (non-hydrogen) atoms. The quantitative estimate of drug-likeness (QED) is 0.750. The molecule has 3 heteroatoms. The van der Waals surface area contributed by atoms with E-state index >= 15 is 0 Å². The molecule has 0 fully saturated rings. The van der Waals surface area contributed by atoms with Crippen molar-refractivity contribution in [2.45, 2.75) is 6.54 Å². The number of rotatable bonds is 3. The van der Waals surface area contributed by atoms with Gasteiger partial charge in [-0.1, -0.05) is 0 Å². The summed E-state index contributed by atoms with van der Waals surface area (Å²) in [6.07, 6.45) is 3.62. The number of hydrogen-bond acceptors (Lipinski definition) is 2. The van der Waals surface area contributed by atoms with Gasteiger partial charge in [-0.3, -0.25) is 0 Å². The molecule has 0 aliphatic rings. The Morgan fingerprint density at radius 1 is 1.46 bits per heavy atom. The zero-order valence-corrected chi connectivity index (χ0v) is 7.50. The lowest BCUT2D eigenvalue weighted by atomic mass is 10.2. The van der Waals surface area contributed by atoms with Crippen molar-refractivity contribution in [2.75, 3.05) is 7.05 Å². The summed E-state index contributed by atoms with van der Waals surface area (Å²) in [6.45, 7) is 0.751. The smallest absolute Gasteiger partial charge is 0.126 e. The lowest BCUT2D eigenvalue weighted by Gasteiger charge is -1.98. The Morgan fingerprint density at radius 3 is 3.08 bits per heavy atom. The van der Waals surface area contributed by atoms with Crippen molar-refractivity contribution in [1.29, 1.82) is 0 Å². The molecule has 0 saturated carbocycles. The molecule has 68 valence electrons. The number of hydrogen-bond donors (Lipinski definition) is 2. The van der Waals surface area contributed by atoms with Gasteiger partial charge in [0.2, 0.25) is 0 Å². The number of aromatic nitrogens is 1. The predicted molar refractivity (Wildman–Crippen MR) is 51.3 cm³/mol. The highest BCUT2D eigenvalue weighted by Crippen LogP contribution is 2.22. The molecular formula is C10H12N2O. The van der Waals surface area contributed by atoms with E-state index < -0.39 is 0 Å². The molecule has 0 amide bonds. The highest BCUT2D eigenvalue weighted by atomic mass is 16.3. The van der Waals surface area contributed by atoms with E-state index in [2.05, 4.69) is 10.3 Å². The monoisotopic (exact) mass is 176 g/mol. The summed E-state index contributed by atoms with van der Waals surface area (Å²) in [7, 11) is 1.90. The molecule has 2 rings (SSSR count). The predicted octanol–water partition coefficient (Wildman–Crippen LogP) is 1.99. The molecule has 0 aromatic carbocycles. The van der Waals surface area contributed by atoms with Crippen molar-refractivity contribution >= 4 is 0 Å². The minimum atomic E-state index is 0.751. The molecule has 0 atom stereocenters. The van der Waals surface area contributed by atoms with Crippen LogP contribution < -0.4 is 5.32 Å². The summed E-state index contributed by atoms with van der Waals surface area (Å²) in [5.74, 6) is 0.963. The summed E-state index contributed by atoms with van der Waals surface area (Å²) in [5.41, 5.74) is 2.22. The van der Waals surface area contributed by atoms with Gasteiger partial charge in [0.15, 0.2) is 0 Å². The Bertz CT molecular complexity index is 362. The van der Waals surface area contributed by atoms with Crippen LogP contribution in [0.2, 0.25) is 0 Å². The molecule has 2 aromatic heterocycles. The van der Waals surface area contributed by atoms with E-state index in [1.807, 2.05) is 31.4 Å². The standard InChI is InChI=1S/C10H12N2O/c1-11-7-10-8(4-6-13-10)9-3-2-5-12-9/h2-6,11-12H,7H2,1H3. The van der Waals surface area contributed by atoms with E-state index in [4.69, 9.17) is 4.42 Å². The second kappa shape index (κ2) is 3.49.